The second-order valence-corrected chi connectivity index (χ2v) is 4.01. The van der Waals surface area contributed by atoms with Crippen LogP contribution in [0.2, 0.25) is 0 Å². The zero-order chi connectivity index (χ0) is 10.5. The molecule has 1 saturated heterocycles. The summed E-state index contributed by atoms with van der Waals surface area (Å²) >= 11 is 0. The molecule has 1 aromatic carbocycles. The average molecular weight is 205 g/mol. The van der Waals surface area contributed by atoms with Crippen LogP contribution in [-0.2, 0) is 0 Å². The lowest BCUT2D eigenvalue weighted by atomic mass is 10.1. The Morgan fingerprint density at radius 2 is 1.93 bits per heavy atom. The van der Waals surface area contributed by atoms with Gasteiger partial charge in [-0.1, -0.05) is 0 Å². The molecule has 1 fully saturated rings. The van der Waals surface area contributed by atoms with Crippen LogP contribution in [0.4, 0.5) is 11.4 Å². The molecule has 0 bridgehead atoms. The van der Waals surface area contributed by atoms with Crippen LogP contribution in [0, 0.1) is 0 Å². The predicted octanol–water partition coefficient (Wildman–Crippen LogP) is 1.89. The van der Waals surface area contributed by atoms with Crippen LogP contribution >= 0.6 is 0 Å². The Bertz CT molecular complexity index is 288. The normalized spacial score (nSPS) is 21.0. The van der Waals surface area contributed by atoms with E-state index in [1.165, 1.54) is 18.5 Å². The fourth-order valence-electron chi connectivity index (χ4n) is 1.94. The SMILES string of the molecule is CNc1ccc(NC2CCCNC2)cc1. The maximum Gasteiger partial charge on any atom is 0.0386 e. The van der Waals surface area contributed by atoms with Gasteiger partial charge in [0.1, 0.15) is 0 Å². The molecule has 0 saturated carbocycles. The summed E-state index contributed by atoms with van der Waals surface area (Å²) in [5.41, 5.74) is 2.37. The van der Waals surface area contributed by atoms with Gasteiger partial charge in [0.15, 0.2) is 0 Å². The molecule has 1 aromatic rings. The third kappa shape index (κ3) is 2.86. The smallest absolute Gasteiger partial charge is 0.0386 e. The van der Waals surface area contributed by atoms with Crippen LogP contribution in [0.5, 0.6) is 0 Å². The molecule has 15 heavy (non-hydrogen) atoms. The lowest BCUT2D eigenvalue weighted by Gasteiger charge is -2.24. The van der Waals surface area contributed by atoms with Gasteiger partial charge < -0.3 is 16.0 Å². The van der Waals surface area contributed by atoms with Crippen LogP contribution in [-0.4, -0.2) is 26.2 Å². The van der Waals surface area contributed by atoms with Crippen LogP contribution in [0.25, 0.3) is 0 Å². The number of piperidine rings is 1. The highest BCUT2D eigenvalue weighted by Crippen LogP contribution is 2.15. The molecule has 0 radical (unpaired) electrons. The molecule has 1 aliphatic heterocycles. The van der Waals surface area contributed by atoms with Gasteiger partial charge in [0.05, 0.1) is 0 Å². The highest BCUT2D eigenvalue weighted by atomic mass is 15.0. The average Bonchev–Trinajstić information content (AvgIpc) is 2.31. The summed E-state index contributed by atoms with van der Waals surface area (Å²) in [6.07, 6.45) is 2.53. The standard InChI is InChI=1S/C12H19N3/c1-13-10-4-6-11(7-5-10)15-12-3-2-8-14-9-12/h4-7,12-15H,2-3,8-9H2,1H3. The van der Waals surface area contributed by atoms with Crippen LogP contribution in [0.3, 0.4) is 0 Å². The van der Waals surface area contributed by atoms with E-state index >= 15 is 0 Å². The Morgan fingerprint density at radius 3 is 2.53 bits per heavy atom. The van der Waals surface area contributed by atoms with E-state index in [1.54, 1.807) is 0 Å². The van der Waals surface area contributed by atoms with Crippen molar-refractivity contribution in [2.75, 3.05) is 30.8 Å². The lowest BCUT2D eigenvalue weighted by molar-refractivity contribution is 0.480. The van der Waals surface area contributed by atoms with Gasteiger partial charge in [-0.25, -0.2) is 0 Å². The lowest BCUT2D eigenvalue weighted by Crippen LogP contribution is -2.38. The molecule has 0 aromatic heterocycles. The Balaban J connectivity index is 1.91. The van der Waals surface area contributed by atoms with Crippen LogP contribution < -0.4 is 16.0 Å². The Labute approximate surface area is 91.3 Å². The van der Waals surface area contributed by atoms with E-state index < -0.39 is 0 Å². The summed E-state index contributed by atoms with van der Waals surface area (Å²) < 4.78 is 0. The van der Waals surface area contributed by atoms with Crippen molar-refractivity contribution >= 4 is 11.4 Å². The van der Waals surface area contributed by atoms with Crippen molar-refractivity contribution in [2.24, 2.45) is 0 Å². The molecule has 0 spiro atoms. The third-order valence-corrected chi connectivity index (χ3v) is 2.84. The van der Waals surface area contributed by atoms with Gasteiger partial charge in [0.2, 0.25) is 0 Å². The second-order valence-electron chi connectivity index (χ2n) is 4.01. The molecule has 3 nitrogen and oxygen atoms in total. The van der Waals surface area contributed by atoms with E-state index in [0.717, 1.165) is 18.8 Å². The number of rotatable bonds is 3. The minimum atomic E-state index is 0.583. The molecule has 82 valence electrons. The summed E-state index contributed by atoms with van der Waals surface area (Å²) in [4.78, 5) is 0. The van der Waals surface area contributed by atoms with Gasteiger partial charge in [0.25, 0.3) is 0 Å². The van der Waals surface area contributed by atoms with E-state index in [-0.39, 0.29) is 0 Å². The van der Waals surface area contributed by atoms with E-state index in [1.807, 2.05) is 7.05 Å². The van der Waals surface area contributed by atoms with E-state index in [2.05, 4.69) is 40.2 Å². The number of benzene rings is 1. The fraction of sp³-hybridized carbons (Fsp3) is 0.500. The maximum absolute atomic E-state index is 3.54. The molecule has 3 N–H and O–H groups in total. The van der Waals surface area contributed by atoms with Crippen LogP contribution in [0.15, 0.2) is 24.3 Å². The first-order chi connectivity index (χ1) is 7.38. The Hall–Kier alpha value is -1.22. The zero-order valence-corrected chi connectivity index (χ0v) is 9.22. The first-order valence-electron chi connectivity index (χ1n) is 5.63. The topological polar surface area (TPSA) is 36.1 Å². The predicted molar refractivity (Wildman–Crippen MR) is 65.5 cm³/mol. The number of hydrogen-bond acceptors (Lipinski definition) is 3. The summed E-state index contributed by atoms with van der Waals surface area (Å²) in [7, 11) is 1.94. The molecular weight excluding hydrogens is 186 g/mol. The fourth-order valence-corrected chi connectivity index (χ4v) is 1.94. The molecule has 1 heterocycles. The second kappa shape index (κ2) is 5.03. The third-order valence-electron chi connectivity index (χ3n) is 2.84. The maximum atomic E-state index is 3.54. The summed E-state index contributed by atoms with van der Waals surface area (Å²) in [6, 6.07) is 9.03. The minimum Gasteiger partial charge on any atom is -0.388 e. The first kappa shape index (κ1) is 10.3. The Kier molecular flexibility index (Phi) is 3.45. The van der Waals surface area contributed by atoms with Crippen LogP contribution in [0.1, 0.15) is 12.8 Å². The molecule has 0 aliphatic carbocycles. The van der Waals surface area contributed by atoms with Crippen molar-refractivity contribution in [3.63, 3.8) is 0 Å². The van der Waals surface area contributed by atoms with Gasteiger partial charge in [0, 0.05) is 31.0 Å². The quantitative estimate of drug-likeness (QED) is 0.705. The largest absolute Gasteiger partial charge is 0.388 e. The zero-order valence-electron chi connectivity index (χ0n) is 9.22. The monoisotopic (exact) mass is 205 g/mol. The molecule has 1 atom stereocenters. The number of anilines is 2. The van der Waals surface area contributed by atoms with Gasteiger partial charge in [-0.15, -0.1) is 0 Å². The van der Waals surface area contributed by atoms with E-state index in [0.29, 0.717) is 6.04 Å². The molecular formula is C12H19N3. The molecule has 2 rings (SSSR count). The van der Waals surface area contributed by atoms with Crippen molar-refractivity contribution in [3.8, 4) is 0 Å². The van der Waals surface area contributed by atoms with E-state index in [9.17, 15) is 0 Å². The van der Waals surface area contributed by atoms with Crippen molar-refractivity contribution in [1.29, 1.82) is 0 Å². The van der Waals surface area contributed by atoms with Gasteiger partial charge >= 0.3 is 0 Å². The highest BCUT2D eigenvalue weighted by molar-refractivity contribution is 5.53. The number of nitrogens with one attached hydrogen (secondary N) is 3. The minimum absolute atomic E-state index is 0.583. The van der Waals surface area contributed by atoms with Crippen molar-refractivity contribution in [2.45, 2.75) is 18.9 Å². The Morgan fingerprint density at radius 1 is 1.20 bits per heavy atom. The summed E-state index contributed by atoms with van der Waals surface area (Å²) in [5, 5.41) is 10.1. The van der Waals surface area contributed by atoms with Gasteiger partial charge in [-0.3, -0.25) is 0 Å². The highest BCUT2D eigenvalue weighted by Gasteiger charge is 2.11. The van der Waals surface area contributed by atoms with Gasteiger partial charge in [-0.2, -0.15) is 0 Å². The molecule has 1 aliphatic rings. The van der Waals surface area contributed by atoms with Crippen molar-refractivity contribution < 1.29 is 0 Å². The van der Waals surface area contributed by atoms with Crippen molar-refractivity contribution in [1.82, 2.24) is 5.32 Å². The number of hydrogen-bond donors (Lipinski definition) is 3. The van der Waals surface area contributed by atoms with E-state index in [4.69, 9.17) is 0 Å². The molecule has 0 amide bonds. The first-order valence-corrected chi connectivity index (χ1v) is 5.63. The molecule has 3 heteroatoms. The molecule has 1 unspecified atom stereocenters. The van der Waals surface area contributed by atoms with Crippen molar-refractivity contribution in [3.05, 3.63) is 24.3 Å². The summed E-state index contributed by atoms with van der Waals surface area (Å²) in [6.45, 7) is 2.24. The van der Waals surface area contributed by atoms with Gasteiger partial charge in [-0.05, 0) is 43.7 Å². The summed E-state index contributed by atoms with van der Waals surface area (Å²) in [5.74, 6) is 0.